The van der Waals surface area contributed by atoms with Crippen LogP contribution in [-0.2, 0) is 11.8 Å². The molecule has 4 nitrogen and oxygen atoms in total. The van der Waals surface area contributed by atoms with Gasteiger partial charge in [0.15, 0.2) is 0 Å². The molecule has 1 aliphatic heterocycles. The first-order valence-electron chi connectivity index (χ1n) is 4.71. The number of halogens is 1. The highest BCUT2D eigenvalue weighted by molar-refractivity contribution is 9.10. The molecule has 0 amide bonds. The number of aromatic nitrogens is 2. The third kappa shape index (κ3) is 1.71. The summed E-state index contributed by atoms with van der Waals surface area (Å²) in [5.74, 6) is 0.418. The quantitative estimate of drug-likeness (QED) is 0.869. The van der Waals surface area contributed by atoms with Crippen LogP contribution in [0.3, 0.4) is 0 Å². The van der Waals surface area contributed by atoms with E-state index < -0.39 is 0 Å². The minimum Gasteiger partial charge on any atom is -0.381 e. The predicted molar refractivity (Wildman–Crippen MR) is 56.8 cm³/mol. The Labute approximate surface area is 91.5 Å². The standard InChI is InChI=1S/C9H14BrN3O/c1-13-9(7(10)4-12-13)8(11)6-2-3-14-5-6/h4,6,8H,2-3,5,11H2,1H3. The molecule has 1 aliphatic rings. The Balaban J connectivity index is 2.21. The number of hydrogen-bond donors (Lipinski definition) is 1. The molecular weight excluding hydrogens is 246 g/mol. The number of nitrogens with zero attached hydrogens (tertiary/aromatic N) is 2. The summed E-state index contributed by atoms with van der Waals surface area (Å²) < 4.78 is 8.14. The van der Waals surface area contributed by atoms with Gasteiger partial charge in [-0.15, -0.1) is 0 Å². The molecule has 2 N–H and O–H groups in total. The van der Waals surface area contributed by atoms with Crippen molar-refractivity contribution in [3.8, 4) is 0 Å². The maximum Gasteiger partial charge on any atom is 0.0693 e. The Morgan fingerprint density at radius 3 is 3.07 bits per heavy atom. The molecule has 78 valence electrons. The molecule has 0 aromatic carbocycles. The zero-order valence-corrected chi connectivity index (χ0v) is 9.70. The average Bonchev–Trinajstić information content (AvgIpc) is 2.75. The first-order chi connectivity index (χ1) is 6.70. The summed E-state index contributed by atoms with van der Waals surface area (Å²) in [6, 6.07) is 0.0133. The van der Waals surface area contributed by atoms with Crippen molar-refractivity contribution in [2.24, 2.45) is 18.7 Å². The van der Waals surface area contributed by atoms with Gasteiger partial charge in [-0.3, -0.25) is 4.68 Å². The monoisotopic (exact) mass is 259 g/mol. The zero-order valence-electron chi connectivity index (χ0n) is 8.11. The van der Waals surface area contributed by atoms with Gasteiger partial charge in [-0.1, -0.05) is 0 Å². The maximum atomic E-state index is 6.18. The second kappa shape index (κ2) is 4.00. The molecule has 1 aromatic heterocycles. The third-order valence-electron chi connectivity index (χ3n) is 2.73. The third-order valence-corrected chi connectivity index (χ3v) is 3.34. The van der Waals surface area contributed by atoms with E-state index in [0.717, 1.165) is 29.8 Å². The lowest BCUT2D eigenvalue weighted by molar-refractivity contribution is 0.180. The lowest BCUT2D eigenvalue weighted by Crippen LogP contribution is -2.24. The van der Waals surface area contributed by atoms with Gasteiger partial charge in [-0.05, 0) is 22.4 Å². The predicted octanol–water partition coefficient (Wildman–Crippen LogP) is 1.22. The average molecular weight is 260 g/mol. The highest BCUT2D eigenvalue weighted by atomic mass is 79.9. The molecule has 0 bridgehead atoms. The number of ether oxygens (including phenoxy) is 1. The summed E-state index contributed by atoms with van der Waals surface area (Å²) in [6.07, 6.45) is 2.82. The van der Waals surface area contributed by atoms with E-state index in [1.165, 1.54) is 0 Å². The molecular formula is C9H14BrN3O. The van der Waals surface area contributed by atoms with Crippen molar-refractivity contribution in [1.29, 1.82) is 0 Å². The van der Waals surface area contributed by atoms with E-state index in [4.69, 9.17) is 10.5 Å². The maximum absolute atomic E-state index is 6.18. The highest BCUT2D eigenvalue weighted by Crippen LogP contribution is 2.30. The van der Waals surface area contributed by atoms with Gasteiger partial charge in [0.25, 0.3) is 0 Å². The van der Waals surface area contributed by atoms with Gasteiger partial charge < -0.3 is 10.5 Å². The van der Waals surface area contributed by atoms with Crippen LogP contribution in [-0.4, -0.2) is 23.0 Å². The number of rotatable bonds is 2. The van der Waals surface area contributed by atoms with Crippen LogP contribution in [0.4, 0.5) is 0 Å². The Hall–Kier alpha value is -0.390. The van der Waals surface area contributed by atoms with Gasteiger partial charge in [0, 0.05) is 19.6 Å². The van der Waals surface area contributed by atoms with E-state index in [1.54, 1.807) is 6.20 Å². The van der Waals surface area contributed by atoms with Crippen LogP contribution in [0.15, 0.2) is 10.7 Å². The normalized spacial score (nSPS) is 24.1. The van der Waals surface area contributed by atoms with Gasteiger partial charge in [-0.2, -0.15) is 5.10 Å². The zero-order chi connectivity index (χ0) is 10.1. The van der Waals surface area contributed by atoms with E-state index in [0.29, 0.717) is 5.92 Å². The fourth-order valence-corrected chi connectivity index (χ4v) is 2.47. The fraction of sp³-hybridized carbons (Fsp3) is 0.667. The molecule has 5 heteroatoms. The Kier molecular flexibility index (Phi) is 2.90. The molecule has 0 radical (unpaired) electrons. The van der Waals surface area contributed by atoms with Gasteiger partial charge >= 0.3 is 0 Å². The molecule has 2 rings (SSSR count). The molecule has 1 fully saturated rings. The molecule has 1 aromatic rings. The van der Waals surface area contributed by atoms with Crippen molar-refractivity contribution in [1.82, 2.24) is 9.78 Å². The van der Waals surface area contributed by atoms with Crippen LogP contribution in [0.1, 0.15) is 18.2 Å². The molecule has 1 saturated heterocycles. The Morgan fingerprint density at radius 2 is 2.57 bits per heavy atom. The lowest BCUT2D eigenvalue weighted by Gasteiger charge is -2.18. The number of hydrogen-bond acceptors (Lipinski definition) is 3. The largest absolute Gasteiger partial charge is 0.381 e. The number of nitrogens with two attached hydrogens (primary N) is 1. The second-order valence-corrected chi connectivity index (χ2v) is 4.51. The first kappa shape index (κ1) is 10.1. The van der Waals surface area contributed by atoms with Crippen LogP contribution in [0.2, 0.25) is 0 Å². The van der Waals surface area contributed by atoms with Crippen LogP contribution < -0.4 is 5.73 Å². The highest BCUT2D eigenvalue weighted by Gasteiger charge is 2.27. The summed E-state index contributed by atoms with van der Waals surface area (Å²) in [5, 5.41) is 4.16. The minimum absolute atomic E-state index is 0.0133. The number of aryl methyl sites for hydroxylation is 1. The van der Waals surface area contributed by atoms with E-state index in [1.807, 2.05) is 11.7 Å². The topological polar surface area (TPSA) is 53.1 Å². The summed E-state index contributed by atoms with van der Waals surface area (Å²) >= 11 is 3.46. The van der Waals surface area contributed by atoms with E-state index in [-0.39, 0.29) is 6.04 Å². The van der Waals surface area contributed by atoms with Crippen molar-refractivity contribution >= 4 is 15.9 Å². The summed E-state index contributed by atoms with van der Waals surface area (Å²) in [4.78, 5) is 0. The van der Waals surface area contributed by atoms with E-state index >= 15 is 0 Å². The van der Waals surface area contributed by atoms with Crippen molar-refractivity contribution in [3.63, 3.8) is 0 Å². The molecule has 2 unspecified atom stereocenters. The Bertz CT molecular complexity index is 300. The second-order valence-electron chi connectivity index (χ2n) is 3.65. The van der Waals surface area contributed by atoms with Crippen molar-refractivity contribution in [3.05, 3.63) is 16.4 Å². The van der Waals surface area contributed by atoms with E-state index in [9.17, 15) is 0 Å². The minimum atomic E-state index is 0.0133. The first-order valence-corrected chi connectivity index (χ1v) is 5.50. The smallest absolute Gasteiger partial charge is 0.0693 e. The molecule has 2 heterocycles. The molecule has 0 spiro atoms. The van der Waals surface area contributed by atoms with E-state index in [2.05, 4.69) is 21.0 Å². The van der Waals surface area contributed by atoms with Crippen LogP contribution in [0, 0.1) is 5.92 Å². The van der Waals surface area contributed by atoms with Crippen molar-refractivity contribution in [2.75, 3.05) is 13.2 Å². The molecule has 14 heavy (non-hydrogen) atoms. The fourth-order valence-electron chi connectivity index (χ4n) is 1.85. The van der Waals surface area contributed by atoms with Gasteiger partial charge in [0.2, 0.25) is 0 Å². The molecule has 2 atom stereocenters. The molecule has 0 aliphatic carbocycles. The summed E-state index contributed by atoms with van der Waals surface area (Å²) in [7, 11) is 1.91. The lowest BCUT2D eigenvalue weighted by atomic mass is 9.97. The van der Waals surface area contributed by atoms with Crippen LogP contribution in [0.5, 0.6) is 0 Å². The molecule has 0 saturated carbocycles. The SMILES string of the molecule is Cn1ncc(Br)c1C(N)C1CCOC1. The van der Waals surface area contributed by atoms with Crippen molar-refractivity contribution in [2.45, 2.75) is 12.5 Å². The summed E-state index contributed by atoms with van der Waals surface area (Å²) in [5.41, 5.74) is 7.23. The van der Waals surface area contributed by atoms with Crippen molar-refractivity contribution < 1.29 is 4.74 Å². The van der Waals surface area contributed by atoms with Crippen LogP contribution >= 0.6 is 15.9 Å². The summed E-state index contributed by atoms with van der Waals surface area (Å²) in [6.45, 7) is 1.59. The van der Waals surface area contributed by atoms with Gasteiger partial charge in [0.05, 0.1) is 29.0 Å². The van der Waals surface area contributed by atoms with Crippen LogP contribution in [0.25, 0.3) is 0 Å². The van der Waals surface area contributed by atoms with Gasteiger partial charge in [0.1, 0.15) is 0 Å². The Morgan fingerprint density at radius 1 is 1.79 bits per heavy atom. The van der Waals surface area contributed by atoms with Gasteiger partial charge in [-0.25, -0.2) is 0 Å².